The summed E-state index contributed by atoms with van der Waals surface area (Å²) in [6.07, 6.45) is 0. The van der Waals surface area contributed by atoms with Crippen LogP contribution in [0.4, 0.5) is 15.8 Å². The number of anilines is 2. The van der Waals surface area contributed by atoms with Crippen LogP contribution in [0.5, 0.6) is 17.2 Å². The van der Waals surface area contributed by atoms with E-state index in [-0.39, 0.29) is 17.0 Å². The first-order valence-electron chi connectivity index (χ1n) is 9.99. The average molecular weight is 448 g/mol. The number of rotatable bonds is 7. The summed E-state index contributed by atoms with van der Waals surface area (Å²) < 4.78 is 29.4. The number of nitrogens with one attached hydrogen (secondary N) is 1. The summed E-state index contributed by atoms with van der Waals surface area (Å²) in [5.41, 5.74) is 1.50. The topological polar surface area (TPSA) is 77.1 Å². The third-order valence-corrected chi connectivity index (χ3v) is 5.18. The van der Waals surface area contributed by atoms with Crippen LogP contribution in [-0.2, 0) is 9.59 Å². The number of halogens is 1. The molecule has 0 unspecified atom stereocenters. The number of methoxy groups -OCH3 is 3. The second kappa shape index (κ2) is 9.04. The number of nitrogens with zero attached hydrogens (tertiary/aromatic N) is 1. The van der Waals surface area contributed by atoms with E-state index in [0.717, 1.165) is 4.90 Å². The van der Waals surface area contributed by atoms with E-state index < -0.39 is 17.6 Å². The van der Waals surface area contributed by atoms with Crippen molar-refractivity contribution in [3.63, 3.8) is 0 Å². The van der Waals surface area contributed by atoms with Gasteiger partial charge in [-0.05, 0) is 54.1 Å². The summed E-state index contributed by atoms with van der Waals surface area (Å²) >= 11 is 0. The van der Waals surface area contributed by atoms with Crippen LogP contribution < -0.4 is 24.4 Å². The first kappa shape index (κ1) is 21.9. The van der Waals surface area contributed by atoms with Crippen molar-refractivity contribution in [2.45, 2.75) is 0 Å². The Balaban J connectivity index is 1.84. The Morgan fingerprint density at radius 2 is 1.52 bits per heavy atom. The fourth-order valence-electron chi connectivity index (χ4n) is 3.58. The van der Waals surface area contributed by atoms with Gasteiger partial charge in [-0.25, -0.2) is 9.29 Å². The maximum atomic E-state index is 13.5. The van der Waals surface area contributed by atoms with Crippen molar-refractivity contribution >= 4 is 28.8 Å². The molecule has 1 aliphatic heterocycles. The largest absolute Gasteiger partial charge is 0.497 e. The third kappa shape index (κ3) is 4.10. The highest BCUT2D eigenvalue weighted by Crippen LogP contribution is 2.37. The molecule has 8 heteroatoms. The van der Waals surface area contributed by atoms with Crippen molar-refractivity contribution in [3.05, 3.63) is 83.8 Å². The smallest absolute Gasteiger partial charge is 0.282 e. The van der Waals surface area contributed by atoms with E-state index in [0.29, 0.717) is 28.5 Å². The molecule has 168 valence electrons. The molecule has 3 aromatic carbocycles. The van der Waals surface area contributed by atoms with Gasteiger partial charge in [0, 0.05) is 11.8 Å². The Bertz CT molecular complexity index is 1250. The number of imide groups is 1. The predicted molar refractivity (Wildman–Crippen MR) is 122 cm³/mol. The van der Waals surface area contributed by atoms with Crippen molar-refractivity contribution in [1.82, 2.24) is 0 Å². The molecule has 0 atom stereocenters. The molecule has 7 nitrogen and oxygen atoms in total. The van der Waals surface area contributed by atoms with Gasteiger partial charge in [0.2, 0.25) is 0 Å². The van der Waals surface area contributed by atoms with E-state index >= 15 is 0 Å². The van der Waals surface area contributed by atoms with Crippen molar-refractivity contribution in [1.29, 1.82) is 0 Å². The van der Waals surface area contributed by atoms with E-state index in [1.54, 1.807) is 42.5 Å². The van der Waals surface area contributed by atoms with Gasteiger partial charge < -0.3 is 19.5 Å². The second-order valence-electron chi connectivity index (χ2n) is 7.10. The lowest BCUT2D eigenvalue weighted by molar-refractivity contribution is -0.120. The third-order valence-electron chi connectivity index (χ3n) is 5.18. The molecule has 0 radical (unpaired) electrons. The number of hydrogen-bond acceptors (Lipinski definition) is 6. The van der Waals surface area contributed by atoms with Crippen molar-refractivity contribution in [3.8, 4) is 17.2 Å². The number of carbonyl (C=O) groups excluding carboxylic acids is 2. The SMILES string of the molecule is COc1cccc(NC2=C(c3ccc(OC)c(OC)c3)C(=O)N(c3ccc(F)cc3)C2=O)c1. The Morgan fingerprint density at radius 3 is 2.18 bits per heavy atom. The van der Waals surface area contributed by atoms with Gasteiger partial charge in [-0.2, -0.15) is 0 Å². The van der Waals surface area contributed by atoms with E-state index in [4.69, 9.17) is 14.2 Å². The van der Waals surface area contributed by atoms with Crippen LogP contribution in [0.3, 0.4) is 0 Å². The lowest BCUT2D eigenvalue weighted by atomic mass is 10.0. The minimum atomic E-state index is -0.570. The van der Waals surface area contributed by atoms with Crippen molar-refractivity contribution in [2.24, 2.45) is 0 Å². The summed E-state index contributed by atoms with van der Waals surface area (Å²) in [4.78, 5) is 27.9. The van der Waals surface area contributed by atoms with Crippen LogP contribution in [0.2, 0.25) is 0 Å². The highest BCUT2D eigenvalue weighted by atomic mass is 19.1. The number of benzene rings is 3. The van der Waals surface area contributed by atoms with E-state index in [1.807, 2.05) is 0 Å². The highest BCUT2D eigenvalue weighted by molar-refractivity contribution is 6.46. The van der Waals surface area contributed by atoms with E-state index in [2.05, 4.69) is 5.32 Å². The molecular formula is C25H21FN2O5. The molecule has 1 aliphatic rings. The molecule has 0 spiro atoms. The van der Waals surface area contributed by atoms with Crippen LogP contribution in [0.25, 0.3) is 5.57 Å². The Labute approximate surface area is 190 Å². The van der Waals surface area contributed by atoms with Crippen LogP contribution in [0.15, 0.2) is 72.4 Å². The summed E-state index contributed by atoms with van der Waals surface area (Å²) in [6.45, 7) is 0. The molecule has 1 N–H and O–H groups in total. The van der Waals surface area contributed by atoms with Crippen LogP contribution in [0, 0.1) is 5.82 Å². The summed E-state index contributed by atoms with van der Waals surface area (Å²) in [5.74, 6) is -0.121. The van der Waals surface area contributed by atoms with Gasteiger partial charge in [0.05, 0.1) is 32.6 Å². The lowest BCUT2D eigenvalue weighted by Gasteiger charge is -2.15. The molecule has 1 heterocycles. The molecule has 4 rings (SSSR count). The number of ether oxygens (including phenoxy) is 3. The van der Waals surface area contributed by atoms with Crippen LogP contribution >= 0.6 is 0 Å². The summed E-state index contributed by atoms with van der Waals surface area (Å²) in [6, 6.07) is 17.1. The first-order chi connectivity index (χ1) is 16.0. The quantitative estimate of drug-likeness (QED) is 0.545. The molecule has 2 amide bonds. The zero-order valence-corrected chi connectivity index (χ0v) is 18.2. The molecule has 0 saturated heterocycles. The predicted octanol–water partition coefficient (Wildman–Crippen LogP) is 4.25. The van der Waals surface area contributed by atoms with Gasteiger partial charge in [0.25, 0.3) is 11.8 Å². The maximum Gasteiger partial charge on any atom is 0.282 e. The van der Waals surface area contributed by atoms with Crippen molar-refractivity contribution < 1.29 is 28.2 Å². The number of hydrogen-bond donors (Lipinski definition) is 1. The monoisotopic (exact) mass is 448 g/mol. The zero-order valence-electron chi connectivity index (χ0n) is 18.2. The normalized spacial score (nSPS) is 13.4. The van der Waals surface area contributed by atoms with Gasteiger partial charge in [0.15, 0.2) is 11.5 Å². The fourth-order valence-corrected chi connectivity index (χ4v) is 3.58. The second-order valence-corrected chi connectivity index (χ2v) is 7.10. The molecule has 0 fully saturated rings. The van der Waals surface area contributed by atoms with Gasteiger partial charge in [-0.15, -0.1) is 0 Å². The average Bonchev–Trinajstić information content (AvgIpc) is 3.08. The molecular weight excluding hydrogens is 427 g/mol. The highest BCUT2D eigenvalue weighted by Gasteiger charge is 2.40. The van der Waals surface area contributed by atoms with Gasteiger partial charge in [-0.1, -0.05) is 12.1 Å². The molecule has 0 aromatic heterocycles. The van der Waals surface area contributed by atoms with Crippen LogP contribution in [0.1, 0.15) is 5.56 Å². The van der Waals surface area contributed by atoms with E-state index in [1.165, 1.54) is 45.6 Å². The Morgan fingerprint density at radius 1 is 0.788 bits per heavy atom. The Kier molecular flexibility index (Phi) is 5.99. The number of amides is 2. The standard InChI is InChI=1S/C25H21FN2O5/c1-31-19-6-4-5-17(14-19)27-23-22(15-7-12-20(32-2)21(13-15)33-3)24(29)28(25(23)30)18-10-8-16(26)9-11-18/h4-14,27H,1-3H3. The summed E-state index contributed by atoms with van der Waals surface area (Å²) in [5, 5.41) is 3.06. The first-order valence-corrected chi connectivity index (χ1v) is 9.99. The zero-order chi connectivity index (χ0) is 23.5. The maximum absolute atomic E-state index is 13.5. The molecule has 33 heavy (non-hydrogen) atoms. The molecule has 0 saturated carbocycles. The Hall–Kier alpha value is -4.33. The summed E-state index contributed by atoms with van der Waals surface area (Å²) in [7, 11) is 4.53. The van der Waals surface area contributed by atoms with Gasteiger partial charge in [0.1, 0.15) is 17.3 Å². The molecule has 0 aliphatic carbocycles. The van der Waals surface area contributed by atoms with Gasteiger partial charge in [-0.3, -0.25) is 9.59 Å². The fraction of sp³-hybridized carbons (Fsp3) is 0.120. The van der Waals surface area contributed by atoms with E-state index in [9.17, 15) is 14.0 Å². The van der Waals surface area contributed by atoms with Crippen molar-refractivity contribution in [2.75, 3.05) is 31.5 Å². The minimum Gasteiger partial charge on any atom is -0.497 e. The van der Waals surface area contributed by atoms with Crippen LogP contribution in [-0.4, -0.2) is 33.1 Å². The molecule has 3 aromatic rings. The molecule has 0 bridgehead atoms. The number of carbonyl (C=O) groups is 2. The van der Waals surface area contributed by atoms with Gasteiger partial charge >= 0.3 is 0 Å². The lowest BCUT2D eigenvalue weighted by Crippen LogP contribution is -2.32. The minimum absolute atomic E-state index is 0.0739.